The van der Waals surface area contributed by atoms with Gasteiger partial charge in [0.15, 0.2) is 23.0 Å². The highest BCUT2D eigenvalue weighted by Gasteiger charge is 2.59. The minimum absolute atomic E-state index is 0.0747. The maximum absolute atomic E-state index is 6.14. The molecule has 0 spiro atoms. The van der Waals surface area contributed by atoms with Crippen LogP contribution in [0, 0.1) is 11.8 Å². The van der Waals surface area contributed by atoms with Gasteiger partial charge in [-0.25, -0.2) is 19.9 Å². The number of benzene rings is 2. The van der Waals surface area contributed by atoms with E-state index in [-0.39, 0.29) is 21.1 Å². The fourth-order valence-electron chi connectivity index (χ4n) is 9.40. The van der Waals surface area contributed by atoms with Crippen molar-refractivity contribution in [2.75, 3.05) is 28.4 Å². The summed E-state index contributed by atoms with van der Waals surface area (Å²) in [4.78, 5) is 16.3. The van der Waals surface area contributed by atoms with E-state index in [1.54, 1.807) is 40.6 Å². The summed E-state index contributed by atoms with van der Waals surface area (Å²) in [5.41, 5.74) is 2.23. The van der Waals surface area contributed by atoms with E-state index in [2.05, 4.69) is 56.4 Å². The van der Waals surface area contributed by atoms with Crippen molar-refractivity contribution in [2.45, 2.75) is 81.5 Å². The first-order valence-corrected chi connectivity index (χ1v) is 19.0. The SMILES string of the molecule is C1=CCCCCC1.COc1cc(C23CC4CC(C2)CC(c2cc(OC)c(Oc5cc(Cl)ncn5)c(OC)c2)(C4)C3)cc(OC)c1Oc1cc(Cl)ncn1. The second-order valence-electron chi connectivity index (χ2n) is 14.6. The van der Waals surface area contributed by atoms with Crippen LogP contribution in [0.25, 0.3) is 0 Å². The molecule has 5 aliphatic rings. The van der Waals surface area contributed by atoms with Gasteiger partial charge in [-0.2, -0.15) is 0 Å². The normalized spacial score (nSPS) is 24.0. The average Bonchev–Trinajstić information content (AvgIpc) is 3.48. The summed E-state index contributed by atoms with van der Waals surface area (Å²) in [6.07, 6.45) is 20.8. The molecule has 0 N–H and O–H groups in total. The monoisotopic (exact) mass is 760 g/mol. The Morgan fingerprint density at radius 1 is 0.547 bits per heavy atom. The molecule has 4 saturated carbocycles. The summed E-state index contributed by atoms with van der Waals surface area (Å²) >= 11 is 12.2. The zero-order valence-electron chi connectivity index (χ0n) is 30.7. The molecule has 0 amide bonds. The Morgan fingerprint density at radius 3 is 1.30 bits per heavy atom. The van der Waals surface area contributed by atoms with E-state index in [1.165, 1.54) is 62.3 Å². The molecule has 0 unspecified atom stereocenters. The van der Waals surface area contributed by atoms with Crippen molar-refractivity contribution >= 4 is 23.2 Å². The molecule has 0 radical (unpaired) electrons. The van der Waals surface area contributed by atoms with Gasteiger partial charge in [-0.3, -0.25) is 0 Å². The van der Waals surface area contributed by atoms with Crippen LogP contribution in [0.1, 0.15) is 81.8 Å². The molecule has 4 aromatic rings. The van der Waals surface area contributed by atoms with Crippen LogP contribution in [-0.2, 0) is 10.8 Å². The second kappa shape index (κ2) is 16.0. The van der Waals surface area contributed by atoms with Crippen LogP contribution in [0.2, 0.25) is 10.3 Å². The molecule has 4 fully saturated rings. The zero-order valence-corrected chi connectivity index (χ0v) is 32.2. The molecule has 10 nitrogen and oxygen atoms in total. The molecule has 53 heavy (non-hydrogen) atoms. The van der Waals surface area contributed by atoms with Crippen molar-refractivity contribution in [3.63, 3.8) is 0 Å². The van der Waals surface area contributed by atoms with Crippen LogP contribution in [0.3, 0.4) is 0 Å². The van der Waals surface area contributed by atoms with Gasteiger partial charge < -0.3 is 28.4 Å². The largest absolute Gasteiger partial charge is 0.493 e. The minimum Gasteiger partial charge on any atom is -0.493 e. The van der Waals surface area contributed by atoms with E-state index in [4.69, 9.17) is 51.6 Å². The number of aromatic nitrogens is 4. The molecule has 12 heteroatoms. The lowest BCUT2D eigenvalue weighted by Crippen LogP contribution is -2.55. The third-order valence-electron chi connectivity index (χ3n) is 11.2. The smallest absolute Gasteiger partial charge is 0.224 e. The number of nitrogens with zero attached hydrogens (tertiary/aromatic N) is 4. The van der Waals surface area contributed by atoms with Gasteiger partial charge in [0.25, 0.3) is 0 Å². The average molecular weight is 762 g/mol. The number of hydrogen-bond acceptors (Lipinski definition) is 10. The Hall–Kier alpha value is -4.28. The molecule has 9 rings (SSSR count). The predicted octanol–water partition coefficient (Wildman–Crippen LogP) is 10.5. The predicted molar refractivity (Wildman–Crippen MR) is 204 cm³/mol. The molecular formula is C41H46Cl2N4O6. The minimum atomic E-state index is -0.0747. The Labute approximate surface area is 321 Å². The number of hydrogen-bond donors (Lipinski definition) is 0. The lowest BCUT2D eigenvalue weighted by Gasteiger charge is -2.62. The molecule has 2 aromatic carbocycles. The molecule has 5 aliphatic carbocycles. The van der Waals surface area contributed by atoms with Gasteiger partial charge in [0.05, 0.1) is 28.4 Å². The van der Waals surface area contributed by atoms with Crippen molar-refractivity contribution in [1.82, 2.24) is 19.9 Å². The number of halogens is 2. The summed E-state index contributed by atoms with van der Waals surface area (Å²) < 4.78 is 35.8. The van der Waals surface area contributed by atoms with Gasteiger partial charge >= 0.3 is 0 Å². The third kappa shape index (κ3) is 7.85. The maximum Gasteiger partial charge on any atom is 0.224 e. The molecule has 280 valence electrons. The molecule has 0 atom stereocenters. The number of methoxy groups -OCH3 is 4. The zero-order chi connectivity index (χ0) is 37.0. The quantitative estimate of drug-likeness (QED) is 0.114. The van der Waals surface area contributed by atoms with Crippen molar-refractivity contribution in [3.8, 4) is 46.3 Å². The Balaban J connectivity index is 0.000000559. The fourth-order valence-corrected chi connectivity index (χ4v) is 9.68. The Bertz CT molecular complexity index is 1760. The molecular weight excluding hydrogens is 715 g/mol. The summed E-state index contributed by atoms with van der Waals surface area (Å²) in [5, 5.41) is 0.564. The molecule has 4 bridgehead atoms. The Morgan fingerprint density at radius 2 is 0.943 bits per heavy atom. The highest BCUT2D eigenvalue weighted by molar-refractivity contribution is 6.29. The van der Waals surface area contributed by atoms with Crippen LogP contribution in [0.5, 0.6) is 46.3 Å². The van der Waals surface area contributed by atoms with Gasteiger partial charge in [-0.05, 0) is 122 Å². The standard InChI is InChI=1S/C34H34Cl2N4O6.C7H12/c1-41-23-6-21(7-24(42-2)31(23)45-29-10-27(35)37-17-39-29)33-12-19-5-20(13-33)15-34(14-19,16-33)22-8-25(43-3)32(26(9-22)44-4)46-30-11-28(36)38-18-40-30;1-2-4-6-7-5-3-1/h6-11,17-20H,5,12-16H2,1-4H3;1-2H,3-7H2. The van der Waals surface area contributed by atoms with Gasteiger partial charge in [-0.1, -0.05) is 41.8 Å². The van der Waals surface area contributed by atoms with Crippen molar-refractivity contribution in [1.29, 1.82) is 0 Å². The first-order valence-electron chi connectivity index (χ1n) is 18.3. The van der Waals surface area contributed by atoms with E-state index < -0.39 is 0 Å². The summed E-state index contributed by atoms with van der Waals surface area (Å²) in [7, 11) is 6.54. The van der Waals surface area contributed by atoms with Crippen LogP contribution in [0.15, 0.2) is 61.2 Å². The highest BCUT2D eigenvalue weighted by atomic mass is 35.5. The van der Waals surface area contributed by atoms with Crippen molar-refractivity contribution in [3.05, 3.63) is 82.6 Å². The lowest BCUT2D eigenvalue weighted by atomic mass is 9.41. The molecule has 0 saturated heterocycles. The fraction of sp³-hybridized carbons (Fsp3) is 0.463. The van der Waals surface area contributed by atoms with Crippen molar-refractivity contribution < 1.29 is 28.4 Å². The van der Waals surface area contributed by atoms with E-state index in [1.807, 2.05) is 0 Å². The third-order valence-corrected chi connectivity index (χ3v) is 11.7. The highest BCUT2D eigenvalue weighted by Crippen LogP contribution is 2.67. The Kier molecular flexibility index (Phi) is 11.2. The van der Waals surface area contributed by atoms with E-state index in [0.717, 1.165) is 32.1 Å². The van der Waals surface area contributed by atoms with Crippen LogP contribution < -0.4 is 28.4 Å². The summed E-state index contributed by atoms with van der Waals surface area (Å²) in [5.74, 6) is 4.93. The van der Waals surface area contributed by atoms with Gasteiger partial charge in [0.2, 0.25) is 23.3 Å². The number of ether oxygens (including phenoxy) is 6. The first kappa shape index (κ1) is 37.1. The van der Waals surface area contributed by atoms with E-state index in [0.29, 0.717) is 58.1 Å². The van der Waals surface area contributed by atoms with Gasteiger partial charge in [0, 0.05) is 12.1 Å². The number of allylic oxidation sites excluding steroid dienone is 2. The van der Waals surface area contributed by atoms with E-state index in [9.17, 15) is 0 Å². The van der Waals surface area contributed by atoms with Crippen LogP contribution in [0.4, 0.5) is 0 Å². The lowest BCUT2D eigenvalue weighted by molar-refractivity contribution is -0.0284. The second-order valence-corrected chi connectivity index (χ2v) is 15.4. The summed E-state index contributed by atoms with van der Waals surface area (Å²) in [6, 6.07) is 11.5. The van der Waals surface area contributed by atoms with E-state index >= 15 is 0 Å². The van der Waals surface area contributed by atoms with Crippen LogP contribution in [-0.4, -0.2) is 48.4 Å². The van der Waals surface area contributed by atoms with Gasteiger partial charge in [-0.15, -0.1) is 0 Å². The topological polar surface area (TPSA) is 107 Å². The van der Waals surface area contributed by atoms with Crippen molar-refractivity contribution in [2.24, 2.45) is 11.8 Å². The molecule has 0 aliphatic heterocycles. The molecule has 2 aromatic heterocycles. The maximum atomic E-state index is 6.14. The van der Waals surface area contributed by atoms with Gasteiger partial charge in [0.1, 0.15) is 23.0 Å². The molecule has 2 heterocycles. The summed E-state index contributed by atoms with van der Waals surface area (Å²) in [6.45, 7) is 0. The first-order chi connectivity index (χ1) is 25.8. The van der Waals surface area contributed by atoms with Crippen LogP contribution >= 0.6 is 23.2 Å². The number of rotatable bonds is 10.